The van der Waals surface area contributed by atoms with Crippen molar-refractivity contribution in [3.63, 3.8) is 0 Å². The smallest absolute Gasteiger partial charge is 0.746 e. The van der Waals surface area contributed by atoms with Crippen LogP contribution in [0.5, 0.6) is 0 Å². The van der Waals surface area contributed by atoms with E-state index in [1.165, 1.54) is 13.8 Å². The van der Waals surface area contributed by atoms with Crippen molar-refractivity contribution in [3.05, 3.63) is 34.4 Å². The summed E-state index contributed by atoms with van der Waals surface area (Å²) in [6, 6.07) is 0. The molecule has 0 amide bonds. The van der Waals surface area contributed by atoms with E-state index < -0.39 is 79.8 Å². The van der Waals surface area contributed by atoms with Crippen LogP contribution in [0.25, 0.3) is 0 Å². The number of rotatable bonds is 5. The Labute approximate surface area is 174 Å². The molecule has 0 radical (unpaired) electrons. The average Bonchev–Trinajstić information content (AvgIpc) is 3.11. The van der Waals surface area contributed by atoms with Crippen LogP contribution in [0, 0.1) is 47.4 Å². The molecule has 2 rings (SSSR count). The minimum absolute atomic E-state index is 0. The van der Waals surface area contributed by atoms with Crippen molar-refractivity contribution >= 4 is 16.1 Å². The molecule has 0 spiro atoms. The third-order valence-corrected chi connectivity index (χ3v) is 5.58. The second-order valence-corrected chi connectivity index (χ2v) is 8.14. The first-order chi connectivity index (χ1) is 11.7. The van der Waals surface area contributed by atoms with Gasteiger partial charge < -0.3 is 14.4 Å². The van der Waals surface area contributed by atoms with Crippen molar-refractivity contribution in [2.24, 2.45) is 17.3 Å². The van der Waals surface area contributed by atoms with Gasteiger partial charge in [0.1, 0.15) is 22.2 Å². The zero-order chi connectivity index (χ0) is 20.2. The SMILES string of the molecule is Cc1c(F)c(F)c(COC(=O)C2C(C(O)S(=O)(=O)[O-])C2(C)C)c(F)c1F.[Na+]. The number of carbonyl (C=O) groups is 1. The molecule has 3 unspecified atom stereocenters. The second-order valence-electron chi connectivity index (χ2n) is 6.68. The molecule has 0 aliphatic heterocycles. The zero-order valence-corrected chi connectivity index (χ0v) is 17.7. The third kappa shape index (κ3) is 4.33. The molecule has 0 bridgehead atoms. The van der Waals surface area contributed by atoms with Gasteiger partial charge in [0, 0.05) is 11.5 Å². The first-order valence-corrected chi connectivity index (χ1v) is 8.80. The van der Waals surface area contributed by atoms with Crippen LogP contribution in [0.2, 0.25) is 0 Å². The van der Waals surface area contributed by atoms with Crippen LogP contribution in [0.4, 0.5) is 17.6 Å². The number of carbonyl (C=O) groups excluding carboxylic acids is 1. The molecule has 1 aromatic rings. The van der Waals surface area contributed by atoms with Crippen molar-refractivity contribution in [1.29, 1.82) is 0 Å². The number of esters is 1. The average molecular weight is 422 g/mol. The molecule has 1 aliphatic rings. The molecule has 1 saturated carbocycles. The van der Waals surface area contributed by atoms with Gasteiger partial charge in [0.2, 0.25) is 0 Å². The van der Waals surface area contributed by atoms with E-state index in [2.05, 4.69) is 4.74 Å². The summed E-state index contributed by atoms with van der Waals surface area (Å²) < 4.78 is 91.8. The van der Waals surface area contributed by atoms with Crippen LogP contribution in [-0.2, 0) is 26.3 Å². The van der Waals surface area contributed by atoms with Gasteiger partial charge in [-0.25, -0.2) is 26.0 Å². The molecule has 6 nitrogen and oxygen atoms in total. The van der Waals surface area contributed by atoms with Gasteiger partial charge in [-0.2, -0.15) is 0 Å². The molecule has 1 aliphatic carbocycles. The van der Waals surface area contributed by atoms with Gasteiger partial charge in [-0.15, -0.1) is 0 Å². The predicted molar refractivity (Wildman–Crippen MR) is 77.3 cm³/mol. The van der Waals surface area contributed by atoms with E-state index in [0.29, 0.717) is 0 Å². The van der Waals surface area contributed by atoms with E-state index in [9.17, 15) is 40.4 Å². The summed E-state index contributed by atoms with van der Waals surface area (Å²) in [5, 5.41) is 9.53. The van der Waals surface area contributed by atoms with Crippen LogP contribution in [0.15, 0.2) is 0 Å². The van der Waals surface area contributed by atoms with Gasteiger partial charge in [-0.05, 0) is 12.3 Å². The van der Waals surface area contributed by atoms with Gasteiger partial charge in [0.05, 0.1) is 11.5 Å². The number of aliphatic hydroxyl groups excluding tert-OH is 1. The van der Waals surface area contributed by atoms with Gasteiger partial charge in [0.25, 0.3) is 0 Å². The summed E-state index contributed by atoms with van der Waals surface area (Å²) in [6.45, 7) is 2.44. The molecular formula is C15H15F4NaO6S. The van der Waals surface area contributed by atoms with Crippen molar-refractivity contribution in [3.8, 4) is 0 Å². The Morgan fingerprint density at radius 1 is 1.19 bits per heavy atom. The van der Waals surface area contributed by atoms with E-state index in [4.69, 9.17) is 0 Å². The number of halogens is 4. The first kappa shape index (κ1) is 24.3. The summed E-state index contributed by atoms with van der Waals surface area (Å²) in [5.74, 6) is -10.4. The fraction of sp³-hybridized carbons (Fsp3) is 0.533. The number of hydrogen-bond donors (Lipinski definition) is 1. The third-order valence-electron chi connectivity index (χ3n) is 4.70. The number of aliphatic hydroxyl groups is 1. The van der Waals surface area contributed by atoms with E-state index in [-0.39, 0.29) is 29.6 Å². The summed E-state index contributed by atoms with van der Waals surface area (Å²) in [4.78, 5) is 12.0. The van der Waals surface area contributed by atoms with Crippen LogP contribution in [0.3, 0.4) is 0 Å². The molecule has 0 aromatic heterocycles. The number of hydrogen-bond acceptors (Lipinski definition) is 6. The molecular weight excluding hydrogens is 407 g/mol. The maximum absolute atomic E-state index is 13.8. The van der Waals surface area contributed by atoms with E-state index in [1.807, 2.05) is 0 Å². The Bertz CT molecular complexity index is 845. The van der Waals surface area contributed by atoms with Gasteiger partial charge >= 0.3 is 35.5 Å². The van der Waals surface area contributed by atoms with Gasteiger partial charge in [-0.3, -0.25) is 4.79 Å². The standard InChI is InChI=1S/C15H16F4O6S.Na/c1-5-9(16)11(18)6(12(19)10(5)17)4-25-13(20)7-8(15(7,2)3)14(21)26(22,23)24;/h7-8,14,21H,4H2,1-3H3,(H,22,23,24);/q;+1/p-1. The Balaban J connectivity index is 0.00000364. The summed E-state index contributed by atoms with van der Waals surface area (Å²) in [7, 11) is -5.10. The summed E-state index contributed by atoms with van der Waals surface area (Å²) in [5.41, 5.74) is -5.51. The predicted octanol–water partition coefficient (Wildman–Crippen LogP) is -1.27. The van der Waals surface area contributed by atoms with Gasteiger partial charge in [-0.1, -0.05) is 13.8 Å². The molecule has 3 atom stereocenters. The van der Waals surface area contributed by atoms with E-state index in [1.54, 1.807) is 0 Å². The van der Waals surface area contributed by atoms with Crippen molar-refractivity contribution in [2.45, 2.75) is 32.8 Å². The Kier molecular flexibility index (Phi) is 7.17. The Hall–Kier alpha value is -0.720. The largest absolute Gasteiger partial charge is 1.00 e. The van der Waals surface area contributed by atoms with Crippen LogP contribution in [-0.4, -0.2) is 29.5 Å². The molecule has 12 heteroatoms. The van der Waals surface area contributed by atoms with Crippen LogP contribution < -0.4 is 29.6 Å². The second kappa shape index (κ2) is 7.96. The van der Waals surface area contributed by atoms with Gasteiger partial charge in [0.15, 0.2) is 23.3 Å². The quantitative estimate of drug-likeness (QED) is 0.209. The fourth-order valence-corrected chi connectivity index (χ4v) is 3.85. The van der Waals surface area contributed by atoms with E-state index in [0.717, 1.165) is 6.92 Å². The monoisotopic (exact) mass is 422 g/mol. The summed E-state index contributed by atoms with van der Waals surface area (Å²) >= 11 is 0. The summed E-state index contributed by atoms with van der Waals surface area (Å²) in [6.07, 6.45) is 0. The molecule has 0 heterocycles. The molecule has 27 heavy (non-hydrogen) atoms. The number of benzene rings is 1. The molecule has 1 aromatic carbocycles. The molecule has 1 fully saturated rings. The molecule has 146 valence electrons. The molecule has 1 N–H and O–H groups in total. The normalized spacial score (nSPS) is 22.0. The van der Waals surface area contributed by atoms with Crippen LogP contribution in [0.1, 0.15) is 25.0 Å². The zero-order valence-electron chi connectivity index (χ0n) is 14.8. The van der Waals surface area contributed by atoms with E-state index >= 15 is 0 Å². The Morgan fingerprint density at radius 2 is 1.63 bits per heavy atom. The van der Waals surface area contributed by atoms with Crippen molar-refractivity contribution < 1.29 is 74.7 Å². The topological polar surface area (TPSA) is 104 Å². The molecule has 0 saturated heterocycles. The minimum Gasteiger partial charge on any atom is -0.746 e. The Morgan fingerprint density at radius 3 is 2.04 bits per heavy atom. The van der Waals surface area contributed by atoms with Crippen LogP contribution >= 0.6 is 0 Å². The number of ether oxygens (including phenoxy) is 1. The maximum atomic E-state index is 13.8. The van der Waals surface area contributed by atoms with Crippen molar-refractivity contribution in [2.75, 3.05) is 0 Å². The maximum Gasteiger partial charge on any atom is 1.00 e. The minimum atomic E-state index is -5.10. The first-order valence-electron chi connectivity index (χ1n) is 7.33. The van der Waals surface area contributed by atoms with Crippen molar-refractivity contribution in [1.82, 2.24) is 0 Å². The fourth-order valence-electron chi connectivity index (χ4n) is 2.99.